The number of benzene rings is 1. The molecular weight excluding hydrogens is 328 g/mol. The Morgan fingerprint density at radius 1 is 1.23 bits per heavy atom. The maximum absolute atomic E-state index is 11.3. The van der Waals surface area contributed by atoms with Crippen LogP contribution in [0, 0.1) is 0 Å². The van der Waals surface area contributed by atoms with Crippen LogP contribution in [0.3, 0.4) is 0 Å². The molecule has 0 N–H and O–H groups in total. The first kappa shape index (κ1) is 17.1. The highest BCUT2D eigenvalue weighted by atomic mass is 16.6. The van der Waals surface area contributed by atoms with Gasteiger partial charge in [-0.05, 0) is 48.4 Å². The Kier molecular flexibility index (Phi) is 4.96. The van der Waals surface area contributed by atoms with Crippen molar-refractivity contribution in [3.63, 3.8) is 0 Å². The quantitative estimate of drug-likeness (QED) is 0.822. The average Bonchev–Trinajstić information content (AvgIpc) is 3.08. The van der Waals surface area contributed by atoms with Crippen LogP contribution in [-0.4, -0.2) is 22.3 Å². The zero-order valence-electron chi connectivity index (χ0n) is 15.3. The molecule has 0 amide bonds. The van der Waals surface area contributed by atoms with Gasteiger partial charge in [0.05, 0.1) is 6.54 Å². The van der Waals surface area contributed by atoms with E-state index < -0.39 is 0 Å². The predicted molar refractivity (Wildman–Crippen MR) is 100 cm³/mol. The van der Waals surface area contributed by atoms with Crippen LogP contribution in [0.5, 0.6) is 11.8 Å². The van der Waals surface area contributed by atoms with Gasteiger partial charge in [0.1, 0.15) is 12.4 Å². The van der Waals surface area contributed by atoms with Crippen molar-refractivity contribution in [2.45, 2.75) is 64.0 Å². The van der Waals surface area contributed by atoms with Crippen molar-refractivity contribution in [3.05, 3.63) is 51.9 Å². The molecule has 1 aliphatic heterocycles. The number of hydrogen-bond donors (Lipinski definition) is 0. The molecular formula is C21H26N2O3. The molecule has 1 aromatic heterocycles. The summed E-state index contributed by atoms with van der Waals surface area (Å²) in [7, 11) is 0. The normalized spacial score (nSPS) is 19.8. The first-order valence-electron chi connectivity index (χ1n) is 9.72. The molecule has 0 radical (unpaired) electrons. The van der Waals surface area contributed by atoms with Crippen molar-refractivity contribution in [1.82, 2.24) is 9.55 Å². The number of hydrogen-bond acceptors (Lipinski definition) is 4. The van der Waals surface area contributed by atoms with E-state index in [2.05, 4.69) is 30.1 Å². The summed E-state index contributed by atoms with van der Waals surface area (Å²) in [6, 6.07) is 8.37. The standard InChI is InChI=1S/C21H26N2O3/c1-2-15-12-17(8-9-19(15)16-6-4-3-5-7-16)25-14-18-13-23-11-10-20(24)22-21(23)26-18/h8-12,16,18H,2-7,13-14H2,1H3/t18-/m0/s1. The second-order valence-corrected chi connectivity index (χ2v) is 7.30. The van der Waals surface area contributed by atoms with E-state index in [-0.39, 0.29) is 11.7 Å². The molecule has 138 valence electrons. The van der Waals surface area contributed by atoms with E-state index >= 15 is 0 Å². The van der Waals surface area contributed by atoms with Gasteiger partial charge < -0.3 is 9.47 Å². The summed E-state index contributed by atoms with van der Waals surface area (Å²) < 4.78 is 13.6. The summed E-state index contributed by atoms with van der Waals surface area (Å²) in [4.78, 5) is 15.2. The Bertz CT molecular complexity index is 824. The molecule has 0 bridgehead atoms. The summed E-state index contributed by atoms with van der Waals surface area (Å²) in [6.45, 7) is 3.32. The second-order valence-electron chi connectivity index (χ2n) is 7.30. The monoisotopic (exact) mass is 354 g/mol. The molecule has 5 heteroatoms. The summed E-state index contributed by atoms with van der Waals surface area (Å²) in [5, 5.41) is 0. The summed E-state index contributed by atoms with van der Waals surface area (Å²) in [5.74, 6) is 1.60. The van der Waals surface area contributed by atoms with E-state index in [0.717, 1.165) is 12.2 Å². The Hall–Kier alpha value is -2.30. The highest BCUT2D eigenvalue weighted by Crippen LogP contribution is 2.36. The smallest absolute Gasteiger partial charge is 0.300 e. The van der Waals surface area contributed by atoms with Crippen molar-refractivity contribution in [1.29, 1.82) is 0 Å². The first-order chi connectivity index (χ1) is 12.7. The topological polar surface area (TPSA) is 53.4 Å². The average molecular weight is 354 g/mol. The van der Waals surface area contributed by atoms with E-state index in [1.807, 2.05) is 4.57 Å². The number of aryl methyl sites for hydroxylation is 1. The van der Waals surface area contributed by atoms with Crippen LogP contribution < -0.4 is 15.0 Å². The van der Waals surface area contributed by atoms with Crippen LogP contribution in [0.25, 0.3) is 0 Å². The number of aromatic nitrogens is 2. The first-order valence-corrected chi connectivity index (χ1v) is 9.72. The zero-order chi connectivity index (χ0) is 17.9. The Morgan fingerprint density at radius 2 is 2.08 bits per heavy atom. The minimum absolute atomic E-state index is 0.118. The molecule has 2 heterocycles. The van der Waals surface area contributed by atoms with Crippen LogP contribution >= 0.6 is 0 Å². The van der Waals surface area contributed by atoms with Crippen molar-refractivity contribution in [3.8, 4) is 11.8 Å². The lowest BCUT2D eigenvalue weighted by Gasteiger charge is -2.24. The van der Waals surface area contributed by atoms with E-state index in [0.29, 0.717) is 25.1 Å². The third-order valence-electron chi connectivity index (χ3n) is 5.50. The van der Waals surface area contributed by atoms with E-state index in [9.17, 15) is 4.79 Å². The van der Waals surface area contributed by atoms with Crippen LogP contribution in [0.15, 0.2) is 35.3 Å². The molecule has 5 nitrogen and oxygen atoms in total. The van der Waals surface area contributed by atoms with Crippen LogP contribution in [0.4, 0.5) is 0 Å². The summed E-state index contributed by atoms with van der Waals surface area (Å²) >= 11 is 0. The van der Waals surface area contributed by atoms with Gasteiger partial charge in [-0.1, -0.05) is 32.3 Å². The fourth-order valence-electron chi connectivity index (χ4n) is 4.12. The van der Waals surface area contributed by atoms with Gasteiger partial charge in [0, 0.05) is 12.3 Å². The molecule has 1 aliphatic carbocycles. The van der Waals surface area contributed by atoms with Crippen molar-refractivity contribution < 1.29 is 9.47 Å². The van der Waals surface area contributed by atoms with Gasteiger partial charge in [0.15, 0.2) is 6.10 Å². The maximum atomic E-state index is 11.3. The number of nitrogens with zero attached hydrogens (tertiary/aromatic N) is 2. The molecule has 0 spiro atoms. The molecule has 0 saturated heterocycles. The number of ether oxygens (including phenoxy) is 2. The lowest BCUT2D eigenvalue weighted by molar-refractivity contribution is 0.143. The van der Waals surface area contributed by atoms with Gasteiger partial charge in [-0.3, -0.25) is 9.36 Å². The molecule has 1 saturated carbocycles. The maximum Gasteiger partial charge on any atom is 0.300 e. The Morgan fingerprint density at radius 3 is 2.88 bits per heavy atom. The van der Waals surface area contributed by atoms with E-state index in [1.165, 1.54) is 49.3 Å². The van der Waals surface area contributed by atoms with Gasteiger partial charge in [0.2, 0.25) is 0 Å². The van der Waals surface area contributed by atoms with E-state index in [4.69, 9.17) is 9.47 Å². The van der Waals surface area contributed by atoms with Crippen molar-refractivity contribution in [2.24, 2.45) is 0 Å². The van der Waals surface area contributed by atoms with Gasteiger partial charge in [0.25, 0.3) is 11.6 Å². The Balaban J connectivity index is 1.40. The lowest BCUT2D eigenvalue weighted by Crippen LogP contribution is -2.23. The van der Waals surface area contributed by atoms with Gasteiger partial charge in [-0.15, -0.1) is 0 Å². The largest absolute Gasteiger partial charge is 0.490 e. The molecule has 1 atom stereocenters. The highest BCUT2D eigenvalue weighted by Gasteiger charge is 2.24. The van der Waals surface area contributed by atoms with Gasteiger partial charge in [-0.2, -0.15) is 4.98 Å². The van der Waals surface area contributed by atoms with Gasteiger partial charge >= 0.3 is 0 Å². The fraction of sp³-hybridized carbons (Fsp3) is 0.524. The predicted octanol–water partition coefficient (Wildman–Crippen LogP) is 3.69. The van der Waals surface area contributed by atoms with Crippen LogP contribution in [-0.2, 0) is 13.0 Å². The molecule has 1 aromatic carbocycles. The third-order valence-corrected chi connectivity index (χ3v) is 5.50. The summed E-state index contributed by atoms with van der Waals surface area (Å²) in [6.07, 6.45) is 9.33. The minimum atomic E-state index is -0.274. The Labute approximate surface area is 154 Å². The lowest BCUT2D eigenvalue weighted by atomic mass is 9.81. The molecule has 4 rings (SSSR count). The molecule has 0 unspecified atom stereocenters. The number of fused-ring (bicyclic) bond motifs is 1. The fourth-order valence-corrected chi connectivity index (χ4v) is 4.12. The van der Waals surface area contributed by atoms with Gasteiger partial charge in [-0.25, -0.2) is 0 Å². The second kappa shape index (κ2) is 7.52. The third kappa shape index (κ3) is 3.62. The SMILES string of the molecule is CCc1cc(OC[C@@H]2Cn3ccc(=O)nc3O2)ccc1C1CCCCC1. The van der Waals surface area contributed by atoms with Crippen molar-refractivity contribution >= 4 is 0 Å². The van der Waals surface area contributed by atoms with E-state index in [1.54, 1.807) is 6.20 Å². The number of rotatable bonds is 5. The van der Waals surface area contributed by atoms with Crippen molar-refractivity contribution in [2.75, 3.05) is 6.61 Å². The molecule has 26 heavy (non-hydrogen) atoms. The minimum Gasteiger partial charge on any atom is -0.490 e. The summed E-state index contributed by atoms with van der Waals surface area (Å²) in [5.41, 5.74) is 2.63. The van der Waals surface area contributed by atoms with Crippen LogP contribution in [0.2, 0.25) is 0 Å². The zero-order valence-corrected chi connectivity index (χ0v) is 15.3. The molecule has 1 fully saturated rings. The highest BCUT2D eigenvalue weighted by molar-refractivity contribution is 5.38. The van der Waals surface area contributed by atoms with Crippen LogP contribution in [0.1, 0.15) is 56.1 Å². The molecule has 2 aromatic rings. The molecule has 2 aliphatic rings.